The van der Waals surface area contributed by atoms with Gasteiger partial charge in [-0.3, -0.25) is 14.5 Å². The van der Waals surface area contributed by atoms with E-state index in [1.54, 1.807) is 24.3 Å². The van der Waals surface area contributed by atoms with Crippen LogP contribution in [-0.4, -0.2) is 50.9 Å². The van der Waals surface area contributed by atoms with Crippen LogP contribution in [0.3, 0.4) is 0 Å². The van der Waals surface area contributed by atoms with Crippen molar-refractivity contribution in [1.82, 2.24) is 15.2 Å². The second-order valence-corrected chi connectivity index (χ2v) is 8.01. The van der Waals surface area contributed by atoms with Crippen molar-refractivity contribution < 1.29 is 13.2 Å². The van der Waals surface area contributed by atoms with Crippen LogP contribution < -0.4 is 10.0 Å². The molecule has 2 heterocycles. The van der Waals surface area contributed by atoms with Gasteiger partial charge < -0.3 is 10.2 Å². The highest BCUT2D eigenvalue weighted by molar-refractivity contribution is 7.92. The van der Waals surface area contributed by atoms with Gasteiger partial charge in [0.25, 0.3) is 15.9 Å². The molecule has 0 radical (unpaired) electrons. The number of carbonyl (C=O) groups is 1. The molecule has 1 unspecified atom stereocenters. The van der Waals surface area contributed by atoms with Gasteiger partial charge >= 0.3 is 0 Å². The van der Waals surface area contributed by atoms with E-state index >= 15 is 0 Å². The first-order valence-electron chi connectivity index (χ1n) is 8.46. The molecular formula is C18H22N4O3S. The molecule has 8 heteroatoms. The van der Waals surface area contributed by atoms with Crippen molar-refractivity contribution in [2.24, 2.45) is 5.92 Å². The van der Waals surface area contributed by atoms with Gasteiger partial charge in [0, 0.05) is 31.0 Å². The average Bonchev–Trinajstić information content (AvgIpc) is 3.11. The van der Waals surface area contributed by atoms with Crippen LogP contribution in [0.4, 0.5) is 5.69 Å². The Hall–Kier alpha value is -2.45. The Kier molecular flexibility index (Phi) is 5.53. The predicted octanol–water partition coefficient (Wildman–Crippen LogP) is 1.56. The largest absolute Gasteiger partial charge is 0.338 e. The third-order valence-electron chi connectivity index (χ3n) is 4.41. The number of nitrogens with one attached hydrogen (secondary N) is 2. The lowest BCUT2D eigenvalue weighted by atomic mass is 10.1. The Morgan fingerprint density at radius 3 is 2.54 bits per heavy atom. The fourth-order valence-corrected chi connectivity index (χ4v) is 4.12. The lowest BCUT2D eigenvalue weighted by Crippen LogP contribution is -2.30. The number of likely N-dealkylation sites (tertiary alicyclic amines) is 1. The zero-order chi connectivity index (χ0) is 18.6. The summed E-state index contributed by atoms with van der Waals surface area (Å²) in [4.78, 5) is 18.4. The van der Waals surface area contributed by atoms with Crippen LogP contribution >= 0.6 is 0 Å². The molecule has 138 valence electrons. The van der Waals surface area contributed by atoms with Crippen LogP contribution in [0, 0.1) is 5.92 Å². The Balaban J connectivity index is 1.69. The number of pyridine rings is 1. The van der Waals surface area contributed by atoms with Gasteiger partial charge in [-0.1, -0.05) is 0 Å². The van der Waals surface area contributed by atoms with E-state index in [-0.39, 0.29) is 10.8 Å². The monoisotopic (exact) mass is 374 g/mol. The Morgan fingerprint density at radius 1 is 1.19 bits per heavy atom. The molecule has 0 bridgehead atoms. The van der Waals surface area contributed by atoms with Gasteiger partial charge in [0.05, 0.1) is 10.6 Å². The van der Waals surface area contributed by atoms with Gasteiger partial charge in [-0.05, 0) is 62.3 Å². The number of nitrogens with zero attached hydrogens (tertiary/aromatic N) is 2. The topological polar surface area (TPSA) is 91.4 Å². The summed E-state index contributed by atoms with van der Waals surface area (Å²) in [5.41, 5.74) is 0.936. The molecule has 0 aliphatic carbocycles. The zero-order valence-electron chi connectivity index (χ0n) is 14.6. The Morgan fingerprint density at radius 2 is 1.88 bits per heavy atom. The summed E-state index contributed by atoms with van der Waals surface area (Å²) in [5.74, 6) is 0.405. The van der Waals surface area contributed by atoms with E-state index in [2.05, 4.69) is 15.0 Å². The summed E-state index contributed by atoms with van der Waals surface area (Å²) in [5, 5.41) is 3.14. The van der Waals surface area contributed by atoms with Gasteiger partial charge in [0.15, 0.2) is 0 Å². The second-order valence-electron chi connectivity index (χ2n) is 6.33. The minimum Gasteiger partial charge on any atom is -0.338 e. The number of hydrogen-bond donors (Lipinski definition) is 2. The molecule has 1 atom stereocenters. The van der Waals surface area contributed by atoms with Crippen LogP contribution in [-0.2, 0) is 10.0 Å². The highest BCUT2D eigenvalue weighted by atomic mass is 32.2. The summed E-state index contributed by atoms with van der Waals surface area (Å²) in [6.45, 7) is 2.35. The van der Waals surface area contributed by atoms with Crippen LogP contribution in [0.15, 0.2) is 53.7 Å². The molecule has 0 saturated carbocycles. The van der Waals surface area contributed by atoms with Crippen molar-refractivity contribution in [3.05, 3.63) is 54.4 Å². The number of hydrogen-bond acceptors (Lipinski definition) is 5. The molecule has 1 amide bonds. The first-order valence-corrected chi connectivity index (χ1v) is 9.95. The van der Waals surface area contributed by atoms with E-state index in [9.17, 15) is 13.2 Å². The molecule has 1 aromatic carbocycles. The lowest BCUT2D eigenvalue weighted by Gasteiger charge is -2.17. The van der Waals surface area contributed by atoms with Crippen molar-refractivity contribution in [2.75, 3.05) is 31.4 Å². The number of benzene rings is 1. The third kappa shape index (κ3) is 4.20. The fourth-order valence-electron chi connectivity index (χ4n) is 3.07. The molecule has 1 saturated heterocycles. The third-order valence-corrected chi connectivity index (χ3v) is 5.81. The van der Waals surface area contributed by atoms with Crippen molar-refractivity contribution >= 4 is 21.6 Å². The van der Waals surface area contributed by atoms with E-state index < -0.39 is 10.0 Å². The molecule has 0 spiro atoms. The highest BCUT2D eigenvalue weighted by Crippen LogP contribution is 2.20. The van der Waals surface area contributed by atoms with Gasteiger partial charge in [0.2, 0.25) is 0 Å². The number of carbonyl (C=O) groups excluding carboxylic acids is 1. The molecule has 2 aromatic rings. The molecule has 1 fully saturated rings. The van der Waals surface area contributed by atoms with Crippen LogP contribution in [0.2, 0.25) is 0 Å². The van der Waals surface area contributed by atoms with Crippen LogP contribution in [0.1, 0.15) is 16.8 Å². The summed E-state index contributed by atoms with van der Waals surface area (Å²) < 4.78 is 27.3. The number of amides is 1. The van der Waals surface area contributed by atoms with Gasteiger partial charge in [-0.2, -0.15) is 0 Å². The van der Waals surface area contributed by atoms with Crippen molar-refractivity contribution in [3.63, 3.8) is 0 Å². The molecule has 7 nitrogen and oxygen atoms in total. The van der Waals surface area contributed by atoms with E-state index in [4.69, 9.17) is 0 Å². The maximum atomic E-state index is 12.6. The molecular weight excluding hydrogens is 352 g/mol. The molecule has 2 N–H and O–H groups in total. The summed E-state index contributed by atoms with van der Waals surface area (Å²) in [6.07, 6.45) is 4.00. The van der Waals surface area contributed by atoms with E-state index in [0.717, 1.165) is 26.1 Å². The predicted molar refractivity (Wildman–Crippen MR) is 99.4 cm³/mol. The smallest absolute Gasteiger partial charge is 0.261 e. The molecule has 1 aromatic heterocycles. The fraction of sp³-hybridized carbons (Fsp3) is 0.333. The summed E-state index contributed by atoms with van der Waals surface area (Å²) in [6, 6.07) is 9.19. The van der Waals surface area contributed by atoms with E-state index in [1.165, 1.54) is 24.5 Å². The zero-order valence-corrected chi connectivity index (χ0v) is 15.4. The molecule has 3 rings (SSSR count). The number of rotatable bonds is 6. The Bertz CT molecular complexity index is 854. The first-order chi connectivity index (χ1) is 12.5. The van der Waals surface area contributed by atoms with Crippen molar-refractivity contribution in [3.8, 4) is 0 Å². The van der Waals surface area contributed by atoms with E-state index in [1.807, 2.05) is 11.9 Å². The number of sulfonamides is 1. The maximum Gasteiger partial charge on any atom is 0.261 e. The minimum atomic E-state index is -3.70. The van der Waals surface area contributed by atoms with Crippen LogP contribution in [0.25, 0.3) is 0 Å². The average molecular weight is 374 g/mol. The quantitative estimate of drug-likeness (QED) is 0.801. The highest BCUT2D eigenvalue weighted by Gasteiger charge is 2.26. The summed E-state index contributed by atoms with van der Waals surface area (Å²) >= 11 is 0. The maximum absolute atomic E-state index is 12.6. The first kappa shape index (κ1) is 18.3. The minimum absolute atomic E-state index is 0.0605. The molecule has 26 heavy (non-hydrogen) atoms. The standard InChI is InChI=1S/C18H22N4O3S/c1-19-12-14-8-11-22(13-14)18(23)15-2-4-17(5-3-15)26(24,25)21-16-6-9-20-10-7-16/h2-7,9-10,14,19H,8,11-13H2,1H3,(H,20,21). The molecule has 1 aliphatic heterocycles. The Labute approximate surface area is 153 Å². The van der Waals surface area contributed by atoms with Crippen molar-refractivity contribution in [2.45, 2.75) is 11.3 Å². The second kappa shape index (κ2) is 7.84. The normalized spacial score (nSPS) is 17.3. The SMILES string of the molecule is CNCC1CCN(C(=O)c2ccc(S(=O)(=O)Nc3ccncc3)cc2)C1. The number of aromatic nitrogens is 1. The van der Waals surface area contributed by atoms with E-state index in [0.29, 0.717) is 17.2 Å². The van der Waals surface area contributed by atoms with Crippen molar-refractivity contribution in [1.29, 1.82) is 0 Å². The van der Waals surface area contributed by atoms with Crippen LogP contribution in [0.5, 0.6) is 0 Å². The molecule has 1 aliphatic rings. The van der Waals surface area contributed by atoms with Gasteiger partial charge in [0.1, 0.15) is 0 Å². The van der Waals surface area contributed by atoms with Gasteiger partial charge in [-0.25, -0.2) is 8.42 Å². The lowest BCUT2D eigenvalue weighted by molar-refractivity contribution is 0.0787. The summed E-state index contributed by atoms with van der Waals surface area (Å²) in [7, 11) is -1.80. The van der Waals surface area contributed by atoms with Gasteiger partial charge in [-0.15, -0.1) is 0 Å². The number of anilines is 1.